The summed E-state index contributed by atoms with van der Waals surface area (Å²) in [5, 5.41) is 10.7. The first-order valence-corrected chi connectivity index (χ1v) is 9.15. The van der Waals surface area contributed by atoms with Crippen molar-refractivity contribution in [3.05, 3.63) is 51.4 Å². The minimum Gasteiger partial charge on any atom is -0.499 e. The molecule has 1 N–H and O–H groups in total. The number of nitrogens with zero attached hydrogens (tertiary/aromatic N) is 1. The van der Waals surface area contributed by atoms with Gasteiger partial charge in [0.15, 0.2) is 10.8 Å². The van der Waals surface area contributed by atoms with Gasteiger partial charge in [-0.15, -0.1) is 11.3 Å². The molecule has 5 heteroatoms. The third-order valence-corrected chi connectivity index (χ3v) is 6.08. The van der Waals surface area contributed by atoms with Crippen LogP contribution in [0.25, 0.3) is 0 Å². The van der Waals surface area contributed by atoms with Crippen LogP contribution in [0.2, 0.25) is 5.02 Å². The van der Waals surface area contributed by atoms with Crippen molar-refractivity contribution < 1.29 is 9.90 Å². The van der Waals surface area contributed by atoms with Crippen molar-refractivity contribution >= 4 is 28.7 Å². The Balaban J connectivity index is 1.68. The van der Waals surface area contributed by atoms with Crippen molar-refractivity contribution in [1.29, 1.82) is 0 Å². The highest BCUT2D eigenvalue weighted by Crippen LogP contribution is 2.41. The van der Waals surface area contributed by atoms with E-state index in [0.717, 1.165) is 36.9 Å². The van der Waals surface area contributed by atoms with Gasteiger partial charge in [-0.2, -0.15) is 0 Å². The van der Waals surface area contributed by atoms with E-state index in [1.807, 2.05) is 30.3 Å². The number of benzene rings is 1. The van der Waals surface area contributed by atoms with Crippen LogP contribution in [-0.4, -0.2) is 22.3 Å². The van der Waals surface area contributed by atoms with Crippen LogP contribution in [0.4, 0.5) is 0 Å². The zero-order valence-corrected chi connectivity index (χ0v) is 14.2. The molecule has 1 aliphatic heterocycles. The predicted molar refractivity (Wildman–Crippen MR) is 92.0 cm³/mol. The molecule has 1 saturated carbocycles. The molecule has 0 radical (unpaired) electrons. The molecule has 1 aliphatic carbocycles. The highest BCUT2D eigenvalue weighted by atomic mass is 35.5. The summed E-state index contributed by atoms with van der Waals surface area (Å²) < 4.78 is 0. The topological polar surface area (TPSA) is 40.5 Å². The molecule has 4 rings (SSSR count). The lowest BCUT2D eigenvalue weighted by molar-refractivity contribution is -0.126. The lowest BCUT2D eigenvalue weighted by atomic mass is 9.95. The molecule has 1 aromatic heterocycles. The van der Waals surface area contributed by atoms with Crippen LogP contribution in [0.1, 0.15) is 34.9 Å². The average Bonchev–Trinajstić information content (AvgIpc) is 3.31. The fourth-order valence-electron chi connectivity index (χ4n) is 3.38. The van der Waals surface area contributed by atoms with Crippen LogP contribution in [0.3, 0.4) is 0 Å². The van der Waals surface area contributed by atoms with E-state index in [2.05, 4.69) is 4.90 Å². The average molecular weight is 348 g/mol. The fourth-order valence-corrected chi connectivity index (χ4v) is 4.52. The van der Waals surface area contributed by atoms with E-state index in [1.54, 1.807) is 0 Å². The molecule has 23 heavy (non-hydrogen) atoms. The van der Waals surface area contributed by atoms with Gasteiger partial charge in [-0.3, -0.25) is 9.69 Å². The van der Waals surface area contributed by atoms with Gasteiger partial charge in [-0.25, -0.2) is 0 Å². The van der Waals surface area contributed by atoms with Crippen LogP contribution in [0, 0.1) is 5.92 Å². The van der Waals surface area contributed by atoms with E-state index in [-0.39, 0.29) is 12.0 Å². The molecule has 0 spiro atoms. The Morgan fingerprint density at radius 2 is 2.13 bits per heavy atom. The molecule has 1 atom stereocenters. The zero-order chi connectivity index (χ0) is 16.0. The number of ketones is 1. The number of carbonyl (C=O) groups excluding carboxylic acids is 1. The maximum absolute atomic E-state index is 12.9. The van der Waals surface area contributed by atoms with Crippen LogP contribution in [-0.2, 0) is 17.8 Å². The molecule has 1 unspecified atom stereocenters. The Hall–Kier alpha value is -1.36. The maximum Gasteiger partial charge on any atom is 0.171 e. The number of halogens is 1. The van der Waals surface area contributed by atoms with Gasteiger partial charge in [0.2, 0.25) is 0 Å². The van der Waals surface area contributed by atoms with E-state index < -0.39 is 0 Å². The van der Waals surface area contributed by atoms with Crippen LogP contribution >= 0.6 is 22.9 Å². The third kappa shape index (κ3) is 2.91. The molecule has 1 aromatic carbocycles. The standard InChI is InChI=1S/C18H18ClNO2S/c19-14-4-2-1-3-13(14)17(18(22)11-5-6-11)20-8-7-15-12(10-20)9-16(21)23-15/h1-4,9,11,17,21H,5-8,10H2. The largest absolute Gasteiger partial charge is 0.499 e. The molecule has 2 aliphatic rings. The van der Waals surface area contributed by atoms with Crippen LogP contribution < -0.4 is 0 Å². The van der Waals surface area contributed by atoms with Crippen LogP contribution in [0.5, 0.6) is 5.06 Å². The Morgan fingerprint density at radius 1 is 1.35 bits per heavy atom. The van der Waals surface area contributed by atoms with E-state index in [9.17, 15) is 9.90 Å². The molecule has 0 saturated heterocycles. The second-order valence-electron chi connectivity index (χ2n) is 6.35. The monoisotopic (exact) mass is 347 g/mol. The summed E-state index contributed by atoms with van der Waals surface area (Å²) in [6.07, 6.45) is 2.87. The summed E-state index contributed by atoms with van der Waals surface area (Å²) in [4.78, 5) is 16.4. The van der Waals surface area contributed by atoms with Gasteiger partial charge in [-0.1, -0.05) is 29.8 Å². The van der Waals surface area contributed by atoms with Crippen molar-refractivity contribution in [2.45, 2.75) is 31.8 Å². The van der Waals surface area contributed by atoms with Crippen molar-refractivity contribution in [2.24, 2.45) is 5.92 Å². The molecule has 2 aromatic rings. The van der Waals surface area contributed by atoms with Gasteiger partial charge in [-0.05, 0) is 42.5 Å². The Kier molecular flexibility index (Phi) is 3.92. The first-order chi connectivity index (χ1) is 11.1. The lowest BCUT2D eigenvalue weighted by Crippen LogP contribution is -2.38. The number of carbonyl (C=O) groups is 1. The highest BCUT2D eigenvalue weighted by Gasteiger charge is 2.40. The van der Waals surface area contributed by atoms with E-state index >= 15 is 0 Å². The van der Waals surface area contributed by atoms with Crippen LogP contribution in [0.15, 0.2) is 30.3 Å². The number of hydrogen-bond acceptors (Lipinski definition) is 4. The quantitative estimate of drug-likeness (QED) is 0.901. The smallest absolute Gasteiger partial charge is 0.171 e. The molecule has 3 nitrogen and oxygen atoms in total. The number of fused-ring (bicyclic) bond motifs is 1. The first kappa shape index (κ1) is 15.2. The SMILES string of the molecule is O=C(C1CC1)C(c1ccccc1Cl)N1CCc2sc(O)cc2C1. The van der Waals surface area contributed by atoms with Gasteiger partial charge in [0.25, 0.3) is 0 Å². The molecule has 2 heterocycles. The first-order valence-electron chi connectivity index (χ1n) is 7.96. The van der Waals surface area contributed by atoms with Crippen molar-refractivity contribution in [1.82, 2.24) is 4.90 Å². The van der Waals surface area contributed by atoms with Gasteiger partial charge in [0.1, 0.15) is 0 Å². The van der Waals surface area contributed by atoms with Gasteiger partial charge in [0.05, 0.1) is 6.04 Å². The van der Waals surface area contributed by atoms with Crippen molar-refractivity contribution in [3.8, 4) is 5.06 Å². The summed E-state index contributed by atoms with van der Waals surface area (Å²) >= 11 is 7.84. The fraction of sp³-hybridized carbons (Fsp3) is 0.389. The summed E-state index contributed by atoms with van der Waals surface area (Å²) in [5.74, 6) is 0.481. The molecular formula is C18H18ClNO2S. The Morgan fingerprint density at radius 3 is 2.87 bits per heavy atom. The molecule has 1 fully saturated rings. The predicted octanol–water partition coefficient (Wildman–Crippen LogP) is 4.19. The molecule has 0 bridgehead atoms. The number of aromatic hydroxyl groups is 1. The highest BCUT2D eigenvalue weighted by molar-refractivity contribution is 7.13. The van der Waals surface area contributed by atoms with Gasteiger partial charge >= 0.3 is 0 Å². The molecule has 0 amide bonds. The van der Waals surface area contributed by atoms with Crippen molar-refractivity contribution in [2.75, 3.05) is 6.54 Å². The van der Waals surface area contributed by atoms with Crippen molar-refractivity contribution in [3.63, 3.8) is 0 Å². The third-order valence-electron chi connectivity index (χ3n) is 4.70. The maximum atomic E-state index is 12.9. The Bertz CT molecular complexity index is 753. The summed E-state index contributed by atoms with van der Waals surface area (Å²) in [6, 6.07) is 9.23. The van der Waals surface area contributed by atoms with E-state index in [4.69, 9.17) is 11.6 Å². The van der Waals surface area contributed by atoms with E-state index in [0.29, 0.717) is 22.4 Å². The normalized spacial score (nSPS) is 19.3. The minimum atomic E-state index is -0.272. The van der Waals surface area contributed by atoms with Gasteiger partial charge < -0.3 is 5.11 Å². The van der Waals surface area contributed by atoms with E-state index in [1.165, 1.54) is 16.2 Å². The number of rotatable bonds is 4. The van der Waals surface area contributed by atoms with Gasteiger partial charge in [0, 0.05) is 28.9 Å². The molecular weight excluding hydrogens is 330 g/mol. The second-order valence-corrected chi connectivity index (χ2v) is 7.88. The summed E-state index contributed by atoms with van der Waals surface area (Å²) in [7, 11) is 0. The molecule has 120 valence electrons. The number of thiophene rings is 1. The summed E-state index contributed by atoms with van der Waals surface area (Å²) in [5.41, 5.74) is 2.05. The minimum absolute atomic E-state index is 0.188. The number of hydrogen-bond donors (Lipinski definition) is 1. The second kappa shape index (κ2) is 5.93. The summed E-state index contributed by atoms with van der Waals surface area (Å²) in [6.45, 7) is 1.52. The zero-order valence-electron chi connectivity index (χ0n) is 12.7. The lowest BCUT2D eigenvalue weighted by Gasteiger charge is -2.34. The Labute approximate surface area is 144 Å². The number of Topliss-reactive ketones (excluding diaryl/α,β-unsaturated/α-hetero) is 1.